The molecule has 0 aromatic heterocycles. The number of ether oxygens (including phenoxy) is 1. The van der Waals surface area contributed by atoms with Gasteiger partial charge in [-0.2, -0.15) is 0 Å². The fraction of sp³-hybridized carbons (Fsp3) is 0.750. The normalized spacial score (nSPS) is 10.0. The van der Waals surface area contributed by atoms with Crippen molar-refractivity contribution in [3.05, 3.63) is 6.92 Å². The molecule has 2 nitrogen and oxygen atoms in total. The zero-order valence-corrected chi connectivity index (χ0v) is 7.78. The molecule has 0 aromatic carbocycles. The molecule has 0 rings (SSSR count). The highest BCUT2D eigenvalue weighted by molar-refractivity contribution is 8.13. The Bertz CT molecular complexity index is 104. The second-order valence-electron chi connectivity index (χ2n) is 2.04. The van der Waals surface area contributed by atoms with Gasteiger partial charge in [0.25, 0.3) is 0 Å². The summed E-state index contributed by atoms with van der Waals surface area (Å²) < 4.78 is 5.14. The van der Waals surface area contributed by atoms with Crippen LogP contribution < -0.4 is 0 Å². The number of thioether (sulfide) groups is 1. The number of hydrogen-bond acceptors (Lipinski definition) is 3. The first-order valence-electron chi connectivity index (χ1n) is 3.83. The molecule has 0 fully saturated rings. The van der Waals surface area contributed by atoms with Crippen LogP contribution in [0.25, 0.3) is 0 Å². The number of hydrogen-bond donors (Lipinski definition) is 0. The van der Waals surface area contributed by atoms with Crippen LogP contribution in [0.15, 0.2) is 0 Å². The summed E-state index contributed by atoms with van der Waals surface area (Å²) in [4.78, 5) is 10.7. The van der Waals surface area contributed by atoms with Crippen molar-refractivity contribution in [1.29, 1.82) is 0 Å². The molecule has 0 unspecified atom stereocenters. The Morgan fingerprint density at radius 1 is 1.55 bits per heavy atom. The molecule has 0 bridgehead atoms. The molecule has 0 saturated heterocycles. The Kier molecular flexibility index (Phi) is 8.07. The Morgan fingerprint density at radius 2 is 2.27 bits per heavy atom. The van der Waals surface area contributed by atoms with E-state index in [0.29, 0.717) is 19.6 Å². The SMILES string of the molecule is [CH2]CCOCCSC(=O)CC. The highest BCUT2D eigenvalue weighted by Crippen LogP contribution is 2.03. The molecule has 0 spiro atoms. The Balaban J connectivity index is 2.95. The number of carbonyl (C=O) groups excluding carboxylic acids is 1. The lowest BCUT2D eigenvalue weighted by molar-refractivity contribution is -0.110. The van der Waals surface area contributed by atoms with Gasteiger partial charge in [0, 0.05) is 18.8 Å². The van der Waals surface area contributed by atoms with Gasteiger partial charge in [-0.05, 0) is 6.42 Å². The molecule has 11 heavy (non-hydrogen) atoms. The fourth-order valence-corrected chi connectivity index (χ4v) is 1.15. The van der Waals surface area contributed by atoms with Crippen molar-refractivity contribution in [1.82, 2.24) is 0 Å². The third-order valence-corrected chi connectivity index (χ3v) is 2.05. The van der Waals surface area contributed by atoms with E-state index < -0.39 is 0 Å². The van der Waals surface area contributed by atoms with Crippen molar-refractivity contribution in [2.24, 2.45) is 0 Å². The van der Waals surface area contributed by atoms with Gasteiger partial charge in [0.1, 0.15) is 0 Å². The standard InChI is InChI=1S/C8H15O2S/c1-3-5-10-6-7-11-8(9)4-2/h1,3-7H2,2H3. The van der Waals surface area contributed by atoms with Crippen LogP contribution in [0.3, 0.4) is 0 Å². The molecule has 0 aliphatic rings. The summed E-state index contributed by atoms with van der Waals surface area (Å²) in [6.45, 7) is 6.86. The maximum Gasteiger partial charge on any atom is 0.188 e. The van der Waals surface area contributed by atoms with Crippen LogP contribution >= 0.6 is 11.8 Å². The molecule has 0 aliphatic heterocycles. The summed E-state index contributed by atoms with van der Waals surface area (Å²) in [5.41, 5.74) is 0. The molecule has 0 N–H and O–H groups in total. The van der Waals surface area contributed by atoms with E-state index in [1.807, 2.05) is 6.92 Å². The number of rotatable bonds is 6. The smallest absolute Gasteiger partial charge is 0.188 e. The minimum Gasteiger partial charge on any atom is -0.381 e. The molecule has 0 heterocycles. The summed E-state index contributed by atoms with van der Waals surface area (Å²) in [7, 11) is 0. The first-order chi connectivity index (χ1) is 5.31. The molecule has 3 heteroatoms. The average Bonchev–Trinajstić information content (AvgIpc) is 2.04. The quantitative estimate of drug-likeness (QED) is 0.577. The van der Waals surface area contributed by atoms with E-state index >= 15 is 0 Å². The molecule has 0 aromatic rings. The van der Waals surface area contributed by atoms with Crippen molar-refractivity contribution < 1.29 is 9.53 Å². The predicted octanol–water partition coefficient (Wildman–Crippen LogP) is 1.90. The second-order valence-corrected chi connectivity index (χ2v) is 3.19. The largest absolute Gasteiger partial charge is 0.381 e. The minimum atomic E-state index is 0.239. The van der Waals surface area contributed by atoms with Crippen LogP contribution in [-0.4, -0.2) is 24.1 Å². The minimum absolute atomic E-state index is 0.239. The summed E-state index contributed by atoms with van der Waals surface area (Å²) in [6.07, 6.45) is 1.41. The molecule has 0 atom stereocenters. The fourth-order valence-electron chi connectivity index (χ4n) is 0.521. The third kappa shape index (κ3) is 7.88. The zero-order valence-electron chi connectivity index (χ0n) is 6.97. The monoisotopic (exact) mass is 175 g/mol. The zero-order chi connectivity index (χ0) is 8.53. The molecule has 0 amide bonds. The Hall–Kier alpha value is -0.0200. The van der Waals surface area contributed by atoms with Crippen molar-refractivity contribution in [2.75, 3.05) is 19.0 Å². The van der Waals surface area contributed by atoms with Crippen molar-refractivity contribution in [3.8, 4) is 0 Å². The van der Waals surface area contributed by atoms with Gasteiger partial charge in [0.15, 0.2) is 5.12 Å². The summed E-state index contributed by atoms with van der Waals surface area (Å²) in [5.74, 6) is 0.771. The van der Waals surface area contributed by atoms with Crippen LogP contribution in [0.4, 0.5) is 0 Å². The lowest BCUT2D eigenvalue weighted by atomic mass is 10.5. The van der Waals surface area contributed by atoms with E-state index in [0.717, 1.165) is 12.2 Å². The molecule has 1 radical (unpaired) electrons. The van der Waals surface area contributed by atoms with Gasteiger partial charge in [-0.1, -0.05) is 25.6 Å². The van der Waals surface area contributed by atoms with Gasteiger partial charge >= 0.3 is 0 Å². The molecular formula is C8H15O2S. The second kappa shape index (κ2) is 8.08. The Labute approximate surface area is 72.7 Å². The lowest BCUT2D eigenvalue weighted by Crippen LogP contribution is -2.00. The molecular weight excluding hydrogens is 160 g/mol. The third-order valence-electron chi connectivity index (χ3n) is 1.07. The summed E-state index contributed by atoms with van der Waals surface area (Å²) in [6, 6.07) is 0. The van der Waals surface area contributed by atoms with Crippen LogP contribution in [-0.2, 0) is 9.53 Å². The lowest BCUT2D eigenvalue weighted by Gasteiger charge is -1.99. The Morgan fingerprint density at radius 3 is 2.82 bits per heavy atom. The predicted molar refractivity (Wildman–Crippen MR) is 48.5 cm³/mol. The number of carbonyl (C=O) groups is 1. The van der Waals surface area contributed by atoms with Gasteiger partial charge in [0.2, 0.25) is 0 Å². The topological polar surface area (TPSA) is 26.3 Å². The van der Waals surface area contributed by atoms with Crippen LogP contribution in [0, 0.1) is 6.92 Å². The van der Waals surface area contributed by atoms with E-state index in [-0.39, 0.29) is 5.12 Å². The molecule has 0 aliphatic carbocycles. The molecule has 0 saturated carbocycles. The van der Waals surface area contributed by atoms with E-state index in [9.17, 15) is 4.79 Å². The summed E-state index contributed by atoms with van der Waals surface area (Å²) >= 11 is 1.34. The van der Waals surface area contributed by atoms with Gasteiger partial charge in [-0.25, -0.2) is 0 Å². The highest BCUT2D eigenvalue weighted by atomic mass is 32.2. The first kappa shape index (κ1) is 11.0. The first-order valence-corrected chi connectivity index (χ1v) is 4.82. The maximum absolute atomic E-state index is 10.7. The van der Waals surface area contributed by atoms with Crippen LogP contribution in [0.5, 0.6) is 0 Å². The van der Waals surface area contributed by atoms with Crippen molar-refractivity contribution in [2.45, 2.75) is 19.8 Å². The van der Waals surface area contributed by atoms with E-state index in [4.69, 9.17) is 4.74 Å². The van der Waals surface area contributed by atoms with Gasteiger partial charge < -0.3 is 4.74 Å². The van der Waals surface area contributed by atoms with E-state index in [1.165, 1.54) is 11.8 Å². The van der Waals surface area contributed by atoms with E-state index in [1.54, 1.807) is 0 Å². The van der Waals surface area contributed by atoms with Gasteiger partial charge in [0.05, 0.1) is 6.61 Å². The van der Waals surface area contributed by atoms with Crippen LogP contribution in [0.1, 0.15) is 19.8 Å². The maximum atomic E-state index is 10.7. The van der Waals surface area contributed by atoms with Crippen LogP contribution in [0.2, 0.25) is 0 Å². The van der Waals surface area contributed by atoms with Crippen molar-refractivity contribution >= 4 is 16.9 Å². The highest BCUT2D eigenvalue weighted by Gasteiger charge is 1.96. The average molecular weight is 175 g/mol. The molecule has 65 valence electrons. The summed E-state index contributed by atoms with van der Waals surface area (Å²) in [5, 5.41) is 0.239. The van der Waals surface area contributed by atoms with Gasteiger partial charge in [-0.3, -0.25) is 4.79 Å². The van der Waals surface area contributed by atoms with E-state index in [2.05, 4.69) is 6.92 Å². The van der Waals surface area contributed by atoms with Gasteiger partial charge in [-0.15, -0.1) is 0 Å². The van der Waals surface area contributed by atoms with Crippen molar-refractivity contribution in [3.63, 3.8) is 0 Å².